The third kappa shape index (κ3) is 5.61. The predicted octanol–water partition coefficient (Wildman–Crippen LogP) is 4.05. The van der Waals surface area contributed by atoms with Gasteiger partial charge in [-0.15, -0.1) is 0 Å². The molecule has 3 aromatic rings. The molecule has 0 aliphatic carbocycles. The fourth-order valence-electron chi connectivity index (χ4n) is 4.04. The van der Waals surface area contributed by atoms with Crippen LogP contribution in [0, 0.1) is 0 Å². The van der Waals surface area contributed by atoms with Crippen LogP contribution in [0.25, 0.3) is 11.1 Å². The zero-order chi connectivity index (χ0) is 23.2. The Morgan fingerprint density at radius 1 is 1.12 bits per heavy atom. The molecule has 4 rings (SSSR count). The van der Waals surface area contributed by atoms with Crippen molar-refractivity contribution in [2.45, 2.75) is 32.4 Å². The summed E-state index contributed by atoms with van der Waals surface area (Å²) in [6.07, 6.45) is 5.68. The molecule has 33 heavy (non-hydrogen) atoms. The Kier molecular flexibility index (Phi) is 7.42. The van der Waals surface area contributed by atoms with Gasteiger partial charge in [-0.3, -0.25) is 4.79 Å². The molecule has 8 heteroatoms. The Bertz CT molecular complexity index is 1080. The lowest BCUT2D eigenvalue weighted by Gasteiger charge is -2.35. The van der Waals surface area contributed by atoms with E-state index in [1.165, 1.54) is 0 Å². The van der Waals surface area contributed by atoms with Crippen molar-refractivity contribution in [3.05, 3.63) is 71.0 Å². The van der Waals surface area contributed by atoms with Gasteiger partial charge < -0.3 is 20.7 Å². The summed E-state index contributed by atoms with van der Waals surface area (Å²) in [5, 5.41) is 4.03. The zero-order valence-corrected chi connectivity index (χ0v) is 19.4. The van der Waals surface area contributed by atoms with Gasteiger partial charge in [-0.1, -0.05) is 29.8 Å². The van der Waals surface area contributed by atoms with Gasteiger partial charge in [0.2, 0.25) is 11.9 Å². The highest BCUT2D eigenvalue weighted by molar-refractivity contribution is 6.32. The third-order valence-electron chi connectivity index (χ3n) is 5.80. The predicted molar refractivity (Wildman–Crippen MR) is 131 cm³/mol. The second kappa shape index (κ2) is 10.6. The van der Waals surface area contributed by atoms with E-state index >= 15 is 0 Å². The summed E-state index contributed by atoms with van der Waals surface area (Å²) in [5.41, 5.74) is 8.71. The van der Waals surface area contributed by atoms with Crippen LogP contribution < -0.4 is 20.7 Å². The Hall–Kier alpha value is -3.16. The molecule has 1 aliphatic rings. The maximum Gasteiger partial charge on any atom is 0.248 e. The first-order valence-electron chi connectivity index (χ1n) is 11.2. The van der Waals surface area contributed by atoms with Gasteiger partial charge in [-0.25, -0.2) is 9.97 Å². The maximum atomic E-state index is 11.3. The van der Waals surface area contributed by atoms with E-state index in [9.17, 15) is 4.79 Å². The summed E-state index contributed by atoms with van der Waals surface area (Å²) in [6.45, 7) is 5.11. The van der Waals surface area contributed by atoms with E-state index in [0.29, 0.717) is 41.5 Å². The molecule has 0 spiro atoms. The van der Waals surface area contributed by atoms with Crippen LogP contribution in [-0.2, 0) is 6.54 Å². The summed E-state index contributed by atoms with van der Waals surface area (Å²) >= 11 is 6.28. The number of ether oxygens (including phenoxy) is 1. The SMILES string of the molecule is CCOc1cc(CN(c2ncc(-c3ccc(C(N)=O)cc3)cn2)C2CCNCC2)ccc1Cl. The number of hydrogen-bond donors (Lipinski definition) is 2. The molecule has 1 amide bonds. The maximum absolute atomic E-state index is 11.3. The highest BCUT2D eigenvalue weighted by Gasteiger charge is 2.24. The van der Waals surface area contributed by atoms with Crippen molar-refractivity contribution in [1.82, 2.24) is 15.3 Å². The molecule has 2 aromatic carbocycles. The number of nitrogens with two attached hydrogens (primary N) is 1. The number of hydrogen-bond acceptors (Lipinski definition) is 6. The number of piperidine rings is 1. The molecular formula is C25H28ClN5O2. The number of nitrogens with zero attached hydrogens (tertiary/aromatic N) is 3. The van der Waals surface area contributed by atoms with Crippen molar-refractivity contribution in [3.63, 3.8) is 0 Å². The van der Waals surface area contributed by atoms with E-state index in [-0.39, 0.29) is 0 Å². The van der Waals surface area contributed by atoms with E-state index in [4.69, 9.17) is 32.0 Å². The molecule has 1 saturated heterocycles. The minimum atomic E-state index is -0.444. The largest absolute Gasteiger partial charge is 0.492 e. The molecule has 7 nitrogen and oxygen atoms in total. The van der Waals surface area contributed by atoms with E-state index in [0.717, 1.165) is 42.6 Å². The number of carbonyl (C=O) groups excluding carboxylic acids is 1. The Labute approximate surface area is 198 Å². The van der Waals surface area contributed by atoms with Crippen molar-refractivity contribution in [3.8, 4) is 16.9 Å². The Morgan fingerprint density at radius 2 is 1.82 bits per heavy atom. The molecule has 1 fully saturated rings. The first-order chi connectivity index (χ1) is 16.0. The van der Waals surface area contributed by atoms with Crippen LogP contribution in [0.3, 0.4) is 0 Å². The number of amides is 1. The summed E-state index contributed by atoms with van der Waals surface area (Å²) in [4.78, 5) is 23.0. The van der Waals surface area contributed by atoms with E-state index < -0.39 is 5.91 Å². The summed E-state index contributed by atoms with van der Waals surface area (Å²) in [6, 6.07) is 13.4. The number of carbonyl (C=O) groups is 1. The second-order valence-corrected chi connectivity index (χ2v) is 8.43. The summed E-state index contributed by atoms with van der Waals surface area (Å²) < 4.78 is 5.68. The molecule has 0 radical (unpaired) electrons. The lowest BCUT2D eigenvalue weighted by Crippen LogP contribution is -2.43. The molecule has 172 valence electrons. The molecule has 0 bridgehead atoms. The quantitative estimate of drug-likeness (QED) is 0.521. The Morgan fingerprint density at radius 3 is 2.45 bits per heavy atom. The minimum absolute atomic E-state index is 0.332. The van der Waals surface area contributed by atoms with Gasteiger partial charge in [0.15, 0.2) is 0 Å². The van der Waals surface area contributed by atoms with Gasteiger partial charge in [0, 0.05) is 36.1 Å². The van der Waals surface area contributed by atoms with Crippen LogP contribution in [0.5, 0.6) is 5.75 Å². The number of anilines is 1. The van der Waals surface area contributed by atoms with Gasteiger partial charge >= 0.3 is 0 Å². The van der Waals surface area contributed by atoms with Crippen LogP contribution in [-0.4, -0.2) is 41.6 Å². The molecule has 2 heterocycles. The molecule has 3 N–H and O–H groups in total. The molecule has 1 aliphatic heterocycles. The van der Waals surface area contributed by atoms with E-state index in [1.54, 1.807) is 12.1 Å². The zero-order valence-electron chi connectivity index (χ0n) is 18.6. The first-order valence-corrected chi connectivity index (χ1v) is 11.5. The van der Waals surface area contributed by atoms with Crippen LogP contribution >= 0.6 is 11.6 Å². The monoisotopic (exact) mass is 465 g/mol. The summed E-state index contributed by atoms with van der Waals surface area (Å²) in [5.74, 6) is 0.936. The van der Waals surface area contributed by atoms with Crippen molar-refractivity contribution in [1.29, 1.82) is 0 Å². The fourth-order valence-corrected chi connectivity index (χ4v) is 4.21. The van der Waals surface area contributed by atoms with Crippen LogP contribution in [0.4, 0.5) is 5.95 Å². The Balaban J connectivity index is 1.59. The van der Waals surface area contributed by atoms with Crippen LogP contribution in [0.1, 0.15) is 35.7 Å². The summed E-state index contributed by atoms with van der Waals surface area (Å²) in [7, 11) is 0. The van der Waals surface area contributed by atoms with Gasteiger partial charge in [0.1, 0.15) is 5.75 Å². The lowest BCUT2D eigenvalue weighted by molar-refractivity contribution is 0.100. The number of aromatic nitrogens is 2. The van der Waals surface area contributed by atoms with E-state index in [2.05, 4.69) is 10.2 Å². The average Bonchev–Trinajstić information content (AvgIpc) is 2.85. The van der Waals surface area contributed by atoms with Crippen molar-refractivity contribution in [2.75, 3.05) is 24.6 Å². The minimum Gasteiger partial charge on any atom is -0.492 e. The van der Waals surface area contributed by atoms with Crippen molar-refractivity contribution < 1.29 is 9.53 Å². The normalized spacial score (nSPS) is 14.1. The van der Waals surface area contributed by atoms with Gasteiger partial charge in [-0.05, 0) is 68.2 Å². The number of rotatable bonds is 8. The van der Waals surface area contributed by atoms with Crippen molar-refractivity contribution >= 4 is 23.5 Å². The highest BCUT2D eigenvalue weighted by atomic mass is 35.5. The second-order valence-electron chi connectivity index (χ2n) is 8.02. The average molecular weight is 466 g/mol. The number of benzene rings is 2. The van der Waals surface area contributed by atoms with Gasteiger partial charge in [-0.2, -0.15) is 0 Å². The molecule has 0 atom stereocenters. The van der Waals surface area contributed by atoms with Gasteiger partial charge in [0.25, 0.3) is 0 Å². The fraction of sp³-hybridized carbons (Fsp3) is 0.320. The topological polar surface area (TPSA) is 93.4 Å². The lowest BCUT2D eigenvalue weighted by atomic mass is 10.0. The highest BCUT2D eigenvalue weighted by Crippen LogP contribution is 2.29. The van der Waals surface area contributed by atoms with Crippen LogP contribution in [0.15, 0.2) is 54.9 Å². The smallest absolute Gasteiger partial charge is 0.248 e. The van der Waals surface area contributed by atoms with E-state index in [1.807, 2.05) is 49.6 Å². The van der Waals surface area contributed by atoms with Crippen molar-refractivity contribution in [2.24, 2.45) is 5.73 Å². The third-order valence-corrected chi connectivity index (χ3v) is 6.11. The van der Waals surface area contributed by atoms with Gasteiger partial charge in [0.05, 0.1) is 11.6 Å². The number of primary amides is 1. The number of nitrogens with one attached hydrogen (secondary N) is 1. The van der Waals surface area contributed by atoms with Crippen LogP contribution in [0.2, 0.25) is 5.02 Å². The number of halogens is 1. The molecule has 1 aromatic heterocycles. The first kappa shape index (κ1) is 23.0. The molecule has 0 saturated carbocycles. The standard InChI is InChI=1S/C25H28ClN5O2/c1-2-33-23-13-17(3-8-22(23)26)16-31(21-9-11-28-12-10-21)25-29-14-20(15-30-25)18-4-6-19(7-5-18)24(27)32/h3-8,13-15,21,28H,2,9-12,16H2,1H3,(H2,27,32). The molecule has 0 unspecified atom stereocenters. The molecular weight excluding hydrogens is 438 g/mol.